The first kappa shape index (κ1) is 10.3. The molecule has 5 nitrogen and oxygen atoms in total. The molecule has 0 fully saturated rings. The molecule has 1 aromatic heterocycles. The summed E-state index contributed by atoms with van der Waals surface area (Å²) in [6, 6.07) is 3.26. The minimum Gasteiger partial charge on any atom is -0.449 e. The second-order valence-electron chi connectivity index (χ2n) is 2.71. The van der Waals surface area contributed by atoms with Gasteiger partial charge in [-0.3, -0.25) is 4.90 Å². The van der Waals surface area contributed by atoms with E-state index in [1.807, 2.05) is 0 Å². The highest BCUT2D eigenvalue weighted by molar-refractivity contribution is 5.86. The van der Waals surface area contributed by atoms with Gasteiger partial charge in [0.1, 0.15) is 5.82 Å². The van der Waals surface area contributed by atoms with E-state index in [-0.39, 0.29) is 0 Å². The van der Waals surface area contributed by atoms with Gasteiger partial charge in [-0.15, -0.1) is 0 Å². The van der Waals surface area contributed by atoms with Crippen LogP contribution in [0.1, 0.15) is 6.92 Å². The lowest BCUT2D eigenvalue weighted by Crippen LogP contribution is -2.27. The Bertz CT molecular complexity index is 328. The van der Waals surface area contributed by atoms with E-state index in [2.05, 4.69) is 4.98 Å². The summed E-state index contributed by atoms with van der Waals surface area (Å²) in [5.41, 5.74) is 6.11. The Morgan fingerprint density at radius 2 is 2.43 bits per heavy atom. The SMILES string of the molecule is CCOC(=O)N(C)c1cc(N)ccn1. The summed E-state index contributed by atoms with van der Waals surface area (Å²) in [5, 5.41) is 0. The molecule has 5 heteroatoms. The van der Waals surface area contributed by atoms with Crippen molar-refractivity contribution in [3.8, 4) is 0 Å². The number of nitrogens with zero attached hydrogens (tertiary/aromatic N) is 2. The van der Waals surface area contributed by atoms with E-state index >= 15 is 0 Å². The average molecular weight is 195 g/mol. The van der Waals surface area contributed by atoms with Gasteiger partial charge in [-0.05, 0) is 13.0 Å². The van der Waals surface area contributed by atoms with Crippen LogP contribution >= 0.6 is 0 Å². The molecule has 0 bridgehead atoms. The second-order valence-corrected chi connectivity index (χ2v) is 2.71. The van der Waals surface area contributed by atoms with Gasteiger partial charge in [0.15, 0.2) is 0 Å². The highest BCUT2D eigenvalue weighted by atomic mass is 16.6. The van der Waals surface area contributed by atoms with Crippen molar-refractivity contribution in [2.24, 2.45) is 0 Å². The van der Waals surface area contributed by atoms with Gasteiger partial charge in [0.25, 0.3) is 0 Å². The van der Waals surface area contributed by atoms with Crippen molar-refractivity contribution in [3.05, 3.63) is 18.3 Å². The number of anilines is 2. The first-order valence-electron chi connectivity index (χ1n) is 4.27. The molecule has 14 heavy (non-hydrogen) atoms. The summed E-state index contributed by atoms with van der Waals surface area (Å²) in [4.78, 5) is 16.6. The van der Waals surface area contributed by atoms with Gasteiger partial charge in [0.05, 0.1) is 6.61 Å². The fraction of sp³-hybridized carbons (Fsp3) is 0.333. The molecule has 2 N–H and O–H groups in total. The van der Waals surface area contributed by atoms with Crippen LogP contribution in [0.15, 0.2) is 18.3 Å². The van der Waals surface area contributed by atoms with Crippen LogP contribution in [-0.4, -0.2) is 24.7 Å². The molecular weight excluding hydrogens is 182 g/mol. The lowest BCUT2D eigenvalue weighted by molar-refractivity contribution is 0.161. The Morgan fingerprint density at radius 1 is 1.71 bits per heavy atom. The lowest BCUT2D eigenvalue weighted by Gasteiger charge is -2.15. The maximum absolute atomic E-state index is 11.3. The standard InChI is InChI=1S/C9H13N3O2/c1-3-14-9(13)12(2)8-6-7(10)4-5-11-8/h4-6H,3H2,1-2H3,(H2,10,11). The summed E-state index contributed by atoms with van der Waals surface area (Å²) >= 11 is 0. The monoisotopic (exact) mass is 195 g/mol. The molecule has 0 saturated heterocycles. The highest BCUT2D eigenvalue weighted by Crippen LogP contribution is 2.12. The molecule has 0 aliphatic rings. The molecule has 76 valence electrons. The topological polar surface area (TPSA) is 68.5 Å². The average Bonchev–Trinajstić information content (AvgIpc) is 2.17. The van der Waals surface area contributed by atoms with E-state index in [1.165, 1.54) is 4.90 Å². The molecule has 0 aliphatic carbocycles. The summed E-state index contributed by atoms with van der Waals surface area (Å²) in [6.45, 7) is 2.09. The Labute approximate surface area is 82.5 Å². The molecule has 1 amide bonds. The first-order chi connectivity index (χ1) is 6.65. The van der Waals surface area contributed by atoms with E-state index in [4.69, 9.17) is 10.5 Å². The number of carbonyl (C=O) groups excluding carboxylic acids is 1. The quantitative estimate of drug-likeness (QED) is 0.771. The highest BCUT2D eigenvalue weighted by Gasteiger charge is 2.12. The van der Waals surface area contributed by atoms with Gasteiger partial charge in [0.2, 0.25) is 0 Å². The van der Waals surface area contributed by atoms with Crippen LogP contribution in [-0.2, 0) is 4.74 Å². The summed E-state index contributed by atoms with van der Waals surface area (Å²) < 4.78 is 4.80. The van der Waals surface area contributed by atoms with Crippen LogP contribution in [0, 0.1) is 0 Å². The van der Waals surface area contributed by atoms with Crippen molar-refractivity contribution >= 4 is 17.6 Å². The van der Waals surface area contributed by atoms with Crippen molar-refractivity contribution in [2.75, 3.05) is 24.3 Å². The number of ether oxygens (including phenoxy) is 1. The molecule has 0 radical (unpaired) electrons. The zero-order chi connectivity index (χ0) is 10.6. The number of pyridine rings is 1. The fourth-order valence-corrected chi connectivity index (χ4v) is 0.931. The summed E-state index contributed by atoms with van der Waals surface area (Å²) in [7, 11) is 1.58. The number of carbonyl (C=O) groups is 1. The van der Waals surface area contributed by atoms with Crippen LogP contribution in [0.25, 0.3) is 0 Å². The lowest BCUT2D eigenvalue weighted by atomic mass is 10.4. The molecule has 0 unspecified atom stereocenters. The first-order valence-corrected chi connectivity index (χ1v) is 4.27. The molecule has 0 aliphatic heterocycles. The number of hydrogen-bond donors (Lipinski definition) is 1. The van der Waals surface area contributed by atoms with Crippen molar-refractivity contribution in [3.63, 3.8) is 0 Å². The number of nitrogens with two attached hydrogens (primary N) is 1. The summed E-state index contributed by atoms with van der Waals surface area (Å²) in [5.74, 6) is 0.475. The van der Waals surface area contributed by atoms with Gasteiger partial charge >= 0.3 is 6.09 Å². The smallest absolute Gasteiger partial charge is 0.415 e. The fourth-order valence-electron chi connectivity index (χ4n) is 0.931. The Morgan fingerprint density at radius 3 is 3.00 bits per heavy atom. The Hall–Kier alpha value is -1.78. The number of amides is 1. The van der Waals surface area contributed by atoms with E-state index in [9.17, 15) is 4.79 Å². The van der Waals surface area contributed by atoms with E-state index in [1.54, 1.807) is 32.3 Å². The van der Waals surface area contributed by atoms with Crippen molar-refractivity contribution in [2.45, 2.75) is 6.92 Å². The van der Waals surface area contributed by atoms with Crippen molar-refractivity contribution < 1.29 is 9.53 Å². The molecular formula is C9H13N3O2. The molecule has 0 saturated carbocycles. The van der Waals surface area contributed by atoms with Crippen LogP contribution in [0.2, 0.25) is 0 Å². The third-order valence-electron chi connectivity index (χ3n) is 1.65. The maximum Gasteiger partial charge on any atom is 0.415 e. The Kier molecular flexibility index (Phi) is 3.28. The maximum atomic E-state index is 11.3. The number of aromatic nitrogens is 1. The van der Waals surface area contributed by atoms with Crippen LogP contribution in [0.3, 0.4) is 0 Å². The molecule has 0 aromatic carbocycles. The Balaban J connectivity index is 2.78. The molecule has 1 heterocycles. The minimum absolute atomic E-state index is 0.339. The number of hydrogen-bond acceptors (Lipinski definition) is 4. The van der Waals surface area contributed by atoms with Gasteiger partial charge in [-0.25, -0.2) is 9.78 Å². The van der Waals surface area contributed by atoms with Gasteiger partial charge in [-0.1, -0.05) is 0 Å². The van der Waals surface area contributed by atoms with Crippen molar-refractivity contribution in [1.29, 1.82) is 0 Å². The van der Waals surface area contributed by atoms with E-state index in [0.717, 1.165) is 0 Å². The largest absolute Gasteiger partial charge is 0.449 e. The number of nitrogen functional groups attached to an aromatic ring is 1. The molecule has 1 rings (SSSR count). The predicted octanol–water partition coefficient (Wildman–Crippen LogP) is 1.26. The number of rotatable bonds is 2. The zero-order valence-electron chi connectivity index (χ0n) is 8.23. The molecule has 0 atom stereocenters. The van der Waals surface area contributed by atoms with Crippen LogP contribution in [0.5, 0.6) is 0 Å². The predicted molar refractivity (Wildman–Crippen MR) is 54.1 cm³/mol. The molecule has 1 aromatic rings. The third-order valence-corrected chi connectivity index (χ3v) is 1.65. The molecule has 0 spiro atoms. The van der Waals surface area contributed by atoms with Crippen LogP contribution < -0.4 is 10.6 Å². The van der Waals surface area contributed by atoms with Gasteiger partial charge in [-0.2, -0.15) is 0 Å². The zero-order valence-corrected chi connectivity index (χ0v) is 8.23. The minimum atomic E-state index is -0.439. The van der Waals surface area contributed by atoms with Gasteiger partial charge in [0, 0.05) is 25.0 Å². The van der Waals surface area contributed by atoms with Crippen molar-refractivity contribution in [1.82, 2.24) is 4.98 Å². The second kappa shape index (κ2) is 4.45. The van der Waals surface area contributed by atoms with E-state index in [0.29, 0.717) is 18.1 Å². The normalized spacial score (nSPS) is 9.57. The van der Waals surface area contributed by atoms with E-state index < -0.39 is 6.09 Å². The van der Waals surface area contributed by atoms with Crippen LogP contribution in [0.4, 0.5) is 16.3 Å². The third kappa shape index (κ3) is 2.35. The summed E-state index contributed by atoms with van der Waals surface area (Å²) in [6.07, 6.45) is 1.10. The van der Waals surface area contributed by atoms with Gasteiger partial charge < -0.3 is 10.5 Å².